The average Bonchev–Trinajstić information content (AvgIpc) is 2.50. The van der Waals surface area contributed by atoms with E-state index in [1.54, 1.807) is 0 Å². The molecule has 2 heterocycles. The fourth-order valence-electron chi connectivity index (χ4n) is 3.05. The lowest BCUT2D eigenvalue weighted by molar-refractivity contribution is 0.319. The summed E-state index contributed by atoms with van der Waals surface area (Å²) in [6.45, 7) is 2.17. The maximum absolute atomic E-state index is 4.62. The first kappa shape index (κ1) is 13.8. The summed E-state index contributed by atoms with van der Waals surface area (Å²) in [5, 5.41) is 3.53. The fraction of sp³-hybridized carbons (Fsp3) is 0.353. The summed E-state index contributed by atoms with van der Waals surface area (Å²) in [5.74, 6) is 1.18. The molecule has 0 saturated carbocycles. The van der Waals surface area contributed by atoms with Gasteiger partial charge in [0.2, 0.25) is 0 Å². The molecular formula is C17H19BrN2. The molecule has 0 bridgehead atoms. The number of nitrogens with one attached hydrogen (secondary N) is 1. The third-order valence-electron chi connectivity index (χ3n) is 4.08. The minimum Gasteiger partial charge on any atom is -0.316 e. The van der Waals surface area contributed by atoms with Gasteiger partial charge in [-0.05, 0) is 65.5 Å². The largest absolute Gasteiger partial charge is 0.316 e. The van der Waals surface area contributed by atoms with Crippen LogP contribution in [-0.2, 0) is 6.42 Å². The Balaban J connectivity index is 1.78. The van der Waals surface area contributed by atoms with E-state index in [0.29, 0.717) is 11.8 Å². The molecule has 3 rings (SSSR count). The van der Waals surface area contributed by atoms with Crippen LogP contribution in [0.25, 0.3) is 0 Å². The van der Waals surface area contributed by atoms with Crippen LogP contribution in [0.15, 0.2) is 53.1 Å². The second kappa shape index (κ2) is 6.51. The van der Waals surface area contributed by atoms with Gasteiger partial charge in [-0.25, -0.2) is 0 Å². The third-order valence-corrected chi connectivity index (χ3v) is 4.55. The van der Waals surface area contributed by atoms with Crippen molar-refractivity contribution in [3.05, 3.63) is 64.4 Å². The topological polar surface area (TPSA) is 24.9 Å². The van der Waals surface area contributed by atoms with Crippen LogP contribution in [0.5, 0.6) is 0 Å². The van der Waals surface area contributed by atoms with Crippen molar-refractivity contribution in [1.29, 1.82) is 0 Å². The van der Waals surface area contributed by atoms with Crippen LogP contribution >= 0.6 is 15.9 Å². The van der Waals surface area contributed by atoms with Crippen LogP contribution in [-0.4, -0.2) is 18.1 Å². The standard InChI is InChI=1S/C17H19BrN2/c18-15-6-7-17(20-12-15)16-8-9-19-11-14(16)10-13-4-2-1-3-5-13/h1-7,12,14,16,19H,8-11H2. The van der Waals surface area contributed by atoms with E-state index in [9.17, 15) is 0 Å². The summed E-state index contributed by atoms with van der Waals surface area (Å²) in [4.78, 5) is 4.62. The summed E-state index contributed by atoms with van der Waals surface area (Å²) in [5.41, 5.74) is 2.65. The highest BCUT2D eigenvalue weighted by molar-refractivity contribution is 9.10. The third kappa shape index (κ3) is 3.28. The molecule has 0 amide bonds. The monoisotopic (exact) mass is 330 g/mol. The zero-order valence-corrected chi connectivity index (χ0v) is 13.0. The zero-order chi connectivity index (χ0) is 13.8. The molecule has 1 aliphatic heterocycles. The lowest BCUT2D eigenvalue weighted by Crippen LogP contribution is -2.36. The Bertz CT molecular complexity index is 539. The molecule has 1 saturated heterocycles. The van der Waals surface area contributed by atoms with E-state index in [1.165, 1.54) is 17.7 Å². The SMILES string of the molecule is Brc1ccc(C2CCNCC2Cc2ccccc2)nc1. The number of pyridine rings is 1. The van der Waals surface area contributed by atoms with Crippen LogP contribution < -0.4 is 5.32 Å². The maximum atomic E-state index is 4.62. The van der Waals surface area contributed by atoms with Gasteiger partial charge in [-0.15, -0.1) is 0 Å². The number of benzene rings is 1. The Hall–Kier alpha value is -1.19. The summed E-state index contributed by atoms with van der Waals surface area (Å²) >= 11 is 3.46. The molecule has 2 aromatic rings. The van der Waals surface area contributed by atoms with E-state index in [0.717, 1.165) is 24.0 Å². The van der Waals surface area contributed by atoms with E-state index >= 15 is 0 Å². The molecule has 0 radical (unpaired) electrons. The van der Waals surface area contributed by atoms with Gasteiger partial charge in [0.05, 0.1) is 0 Å². The van der Waals surface area contributed by atoms with Crippen LogP contribution in [0.4, 0.5) is 0 Å². The highest BCUT2D eigenvalue weighted by Gasteiger charge is 2.27. The highest BCUT2D eigenvalue weighted by atomic mass is 79.9. The van der Waals surface area contributed by atoms with Crippen LogP contribution in [0.3, 0.4) is 0 Å². The highest BCUT2D eigenvalue weighted by Crippen LogP contribution is 2.31. The number of hydrogen-bond donors (Lipinski definition) is 1. The van der Waals surface area contributed by atoms with Gasteiger partial charge in [0.25, 0.3) is 0 Å². The minimum atomic E-state index is 0.560. The van der Waals surface area contributed by atoms with E-state index in [1.807, 2.05) is 6.20 Å². The molecule has 3 heteroatoms. The van der Waals surface area contributed by atoms with E-state index in [-0.39, 0.29) is 0 Å². The Labute approximate surface area is 128 Å². The predicted molar refractivity (Wildman–Crippen MR) is 85.8 cm³/mol. The predicted octanol–water partition coefficient (Wildman–Crippen LogP) is 3.78. The summed E-state index contributed by atoms with van der Waals surface area (Å²) in [6, 6.07) is 15.0. The quantitative estimate of drug-likeness (QED) is 0.926. The summed E-state index contributed by atoms with van der Waals surface area (Å²) < 4.78 is 1.05. The first-order valence-corrected chi connectivity index (χ1v) is 7.98. The Morgan fingerprint density at radius 3 is 2.75 bits per heavy atom. The molecule has 1 N–H and O–H groups in total. The lowest BCUT2D eigenvalue weighted by Gasteiger charge is -2.32. The second-order valence-electron chi connectivity index (χ2n) is 5.45. The van der Waals surface area contributed by atoms with E-state index in [4.69, 9.17) is 0 Å². The smallest absolute Gasteiger partial charge is 0.0439 e. The van der Waals surface area contributed by atoms with Crippen LogP contribution in [0.1, 0.15) is 23.6 Å². The Morgan fingerprint density at radius 2 is 2.00 bits per heavy atom. The van der Waals surface area contributed by atoms with Gasteiger partial charge < -0.3 is 5.32 Å². The van der Waals surface area contributed by atoms with E-state index < -0.39 is 0 Å². The first-order chi connectivity index (χ1) is 9.83. The normalized spacial score (nSPS) is 22.6. The number of hydrogen-bond acceptors (Lipinski definition) is 2. The summed E-state index contributed by atoms with van der Waals surface area (Å²) in [6.07, 6.45) is 4.21. The molecular weight excluding hydrogens is 312 g/mol. The second-order valence-corrected chi connectivity index (χ2v) is 6.37. The zero-order valence-electron chi connectivity index (χ0n) is 11.4. The van der Waals surface area contributed by atoms with Gasteiger partial charge in [-0.1, -0.05) is 30.3 Å². The van der Waals surface area contributed by atoms with Crippen molar-refractivity contribution in [2.45, 2.75) is 18.8 Å². The summed E-state index contributed by atoms with van der Waals surface area (Å²) in [7, 11) is 0. The van der Waals surface area contributed by atoms with Gasteiger partial charge in [0, 0.05) is 22.3 Å². The minimum absolute atomic E-state index is 0.560. The number of aromatic nitrogens is 1. The molecule has 1 aromatic carbocycles. The average molecular weight is 331 g/mol. The fourth-order valence-corrected chi connectivity index (χ4v) is 3.28. The van der Waals surface area contributed by atoms with Crippen molar-refractivity contribution >= 4 is 15.9 Å². The van der Waals surface area contributed by atoms with Gasteiger partial charge in [0.1, 0.15) is 0 Å². The molecule has 0 aliphatic carbocycles. The molecule has 2 unspecified atom stereocenters. The van der Waals surface area contributed by atoms with Crippen molar-refractivity contribution in [3.8, 4) is 0 Å². The van der Waals surface area contributed by atoms with E-state index in [2.05, 4.69) is 68.7 Å². The number of rotatable bonds is 3. The molecule has 2 nitrogen and oxygen atoms in total. The van der Waals surface area contributed by atoms with Gasteiger partial charge in [0.15, 0.2) is 0 Å². The van der Waals surface area contributed by atoms with Crippen molar-refractivity contribution in [3.63, 3.8) is 0 Å². The number of nitrogens with zero attached hydrogens (tertiary/aromatic N) is 1. The Morgan fingerprint density at radius 1 is 1.15 bits per heavy atom. The lowest BCUT2D eigenvalue weighted by atomic mass is 9.80. The van der Waals surface area contributed by atoms with Crippen molar-refractivity contribution in [2.75, 3.05) is 13.1 Å². The van der Waals surface area contributed by atoms with Crippen molar-refractivity contribution in [2.24, 2.45) is 5.92 Å². The molecule has 2 atom stereocenters. The number of piperidine rings is 1. The molecule has 1 fully saturated rings. The molecule has 0 spiro atoms. The van der Waals surface area contributed by atoms with Gasteiger partial charge in [-0.3, -0.25) is 4.98 Å². The van der Waals surface area contributed by atoms with Gasteiger partial charge in [-0.2, -0.15) is 0 Å². The van der Waals surface area contributed by atoms with Crippen molar-refractivity contribution in [1.82, 2.24) is 10.3 Å². The number of halogens is 1. The van der Waals surface area contributed by atoms with Crippen LogP contribution in [0, 0.1) is 5.92 Å². The first-order valence-electron chi connectivity index (χ1n) is 7.19. The van der Waals surface area contributed by atoms with Gasteiger partial charge >= 0.3 is 0 Å². The molecule has 1 aromatic heterocycles. The molecule has 104 valence electrons. The van der Waals surface area contributed by atoms with Crippen molar-refractivity contribution < 1.29 is 0 Å². The molecule has 1 aliphatic rings. The molecule has 20 heavy (non-hydrogen) atoms. The Kier molecular flexibility index (Phi) is 4.48. The maximum Gasteiger partial charge on any atom is 0.0439 e. The van der Waals surface area contributed by atoms with Crippen LogP contribution in [0.2, 0.25) is 0 Å².